The van der Waals surface area contributed by atoms with Crippen LogP contribution in [0.25, 0.3) is 0 Å². The van der Waals surface area contributed by atoms with Crippen LogP contribution in [0, 0.1) is 0 Å². The summed E-state index contributed by atoms with van der Waals surface area (Å²) in [5.74, 6) is 0.935. The second-order valence-corrected chi connectivity index (χ2v) is 6.64. The first-order valence-electron chi connectivity index (χ1n) is 9.03. The summed E-state index contributed by atoms with van der Waals surface area (Å²) in [6, 6.07) is 7.78. The van der Waals surface area contributed by atoms with E-state index in [9.17, 15) is 4.79 Å². The molecule has 1 amide bonds. The first-order valence-corrected chi connectivity index (χ1v) is 9.03. The van der Waals surface area contributed by atoms with Crippen LogP contribution in [0.5, 0.6) is 5.75 Å². The molecular formula is C19H28N2O3. The highest BCUT2D eigenvalue weighted by atomic mass is 16.5. The number of ether oxygens (including phenoxy) is 2. The quantitative estimate of drug-likeness (QED) is 0.849. The summed E-state index contributed by atoms with van der Waals surface area (Å²) in [5.41, 5.74) is 0.754. The van der Waals surface area contributed by atoms with Crippen molar-refractivity contribution in [2.75, 3.05) is 46.5 Å². The fourth-order valence-electron chi connectivity index (χ4n) is 3.62. The highest BCUT2D eigenvalue weighted by molar-refractivity contribution is 5.94. The Kier molecular flexibility index (Phi) is 6.10. The van der Waals surface area contributed by atoms with Crippen LogP contribution in [-0.4, -0.2) is 68.3 Å². The Bertz CT molecular complexity index is 526. The van der Waals surface area contributed by atoms with Crippen molar-refractivity contribution in [1.82, 2.24) is 9.80 Å². The van der Waals surface area contributed by atoms with Crippen molar-refractivity contribution < 1.29 is 14.3 Å². The second kappa shape index (κ2) is 8.49. The largest absolute Gasteiger partial charge is 0.497 e. The van der Waals surface area contributed by atoms with Crippen LogP contribution in [0.15, 0.2) is 24.3 Å². The van der Waals surface area contributed by atoms with E-state index < -0.39 is 0 Å². The monoisotopic (exact) mass is 332 g/mol. The maximum Gasteiger partial charge on any atom is 0.254 e. The second-order valence-electron chi connectivity index (χ2n) is 6.64. The third-order valence-electron chi connectivity index (χ3n) is 5.05. The maximum absolute atomic E-state index is 13.0. The van der Waals surface area contributed by atoms with E-state index in [2.05, 4.69) is 9.80 Å². The van der Waals surface area contributed by atoms with Crippen molar-refractivity contribution in [1.29, 1.82) is 0 Å². The number of hydrogen-bond donors (Lipinski definition) is 0. The highest BCUT2D eigenvalue weighted by Crippen LogP contribution is 2.22. The summed E-state index contributed by atoms with van der Waals surface area (Å²) in [5, 5.41) is 0. The third-order valence-corrected chi connectivity index (χ3v) is 5.05. The van der Waals surface area contributed by atoms with Crippen LogP contribution in [-0.2, 0) is 4.74 Å². The predicted molar refractivity (Wildman–Crippen MR) is 93.5 cm³/mol. The molecule has 3 rings (SSSR count). The van der Waals surface area contributed by atoms with Crippen molar-refractivity contribution in [2.45, 2.75) is 31.7 Å². The summed E-state index contributed by atoms with van der Waals surface area (Å²) in [4.78, 5) is 17.6. The van der Waals surface area contributed by atoms with Crippen molar-refractivity contribution in [3.63, 3.8) is 0 Å². The van der Waals surface area contributed by atoms with Gasteiger partial charge in [0.1, 0.15) is 5.75 Å². The summed E-state index contributed by atoms with van der Waals surface area (Å²) < 4.78 is 10.6. The molecule has 0 bridgehead atoms. The van der Waals surface area contributed by atoms with Gasteiger partial charge in [-0.2, -0.15) is 0 Å². The molecule has 2 saturated heterocycles. The van der Waals surface area contributed by atoms with E-state index in [0.717, 1.165) is 63.5 Å². The van der Waals surface area contributed by atoms with E-state index in [0.29, 0.717) is 6.04 Å². The molecule has 0 radical (unpaired) electrons. The number of likely N-dealkylation sites (tertiary alicyclic amines) is 1. The van der Waals surface area contributed by atoms with Gasteiger partial charge in [-0.3, -0.25) is 9.69 Å². The van der Waals surface area contributed by atoms with E-state index in [-0.39, 0.29) is 5.91 Å². The topological polar surface area (TPSA) is 42.0 Å². The number of amides is 1. The molecule has 2 aliphatic rings. The summed E-state index contributed by atoms with van der Waals surface area (Å²) >= 11 is 0. The fraction of sp³-hybridized carbons (Fsp3) is 0.632. The standard InChI is InChI=1S/C19H28N2O3/c1-23-18-8-6-16(7-9-18)19(22)21-10-4-2-3-5-17(21)15-20-11-13-24-14-12-20/h6-9,17H,2-5,10-15H2,1H3/t17-/m1/s1. The number of benzene rings is 1. The molecule has 5 heteroatoms. The van der Waals surface area contributed by atoms with E-state index in [1.54, 1.807) is 7.11 Å². The molecule has 1 aromatic carbocycles. The van der Waals surface area contributed by atoms with Crippen LogP contribution >= 0.6 is 0 Å². The zero-order valence-electron chi connectivity index (χ0n) is 14.6. The zero-order valence-corrected chi connectivity index (χ0v) is 14.6. The number of nitrogens with zero attached hydrogens (tertiary/aromatic N) is 2. The molecule has 2 fully saturated rings. The SMILES string of the molecule is COc1ccc(C(=O)N2CCCCC[C@@H]2CN2CCOCC2)cc1. The van der Waals surface area contributed by atoms with Gasteiger partial charge in [-0.25, -0.2) is 0 Å². The van der Waals surface area contributed by atoms with Crippen LogP contribution in [0.4, 0.5) is 0 Å². The summed E-state index contributed by atoms with van der Waals surface area (Å²) in [7, 11) is 1.64. The number of morpholine rings is 1. The van der Waals surface area contributed by atoms with Crippen LogP contribution in [0.1, 0.15) is 36.0 Å². The molecule has 132 valence electrons. The maximum atomic E-state index is 13.0. The summed E-state index contributed by atoms with van der Waals surface area (Å²) in [6.07, 6.45) is 4.62. The average Bonchev–Trinajstić information content (AvgIpc) is 2.87. The zero-order chi connectivity index (χ0) is 16.8. The molecule has 0 aromatic heterocycles. The Morgan fingerprint density at radius 1 is 1.12 bits per heavy atom. The number of carbonyl (C=O) groups excluding carboxylic acids is 1. The lowest BCUT2D eigenvalue weighted by molar-refractivity contribution is 0.0218. The minimum absolute atomic E-state index is 0.151. The molecule has 2 heterocycles. The van der Waals surface area contributed by atoms with Gasteiger partial charge < -0.3 is 14.4 Å². The van der Waals surface area contributed by atoms with Crippen molar-refractivity contribution in [3.8, 4) is 5.75 Å². The molecule has 0 aliphatic carbocycles. The normalized spacial score (nSPS) is 22.9. The van der Waals surface area contributed by atoms with Gasteiger partial charge in [-0.1, -0.05) is 12.8 Å². The van der Waals surface area contributed by atoms with E-state index >= 15 is 0 Å². The Hall–Kier alpha value is -1.59. The van der Waals surface area contributed by atoms with Crippen LogP contribution < -0.4 is 4.74 Å². The van der Waals surface area contributed by atoms with Gasteiger partial charge in [0, 0.05) is 37.8 Å². The first-order chi connectivity index (χ1) is 11.8. The van der Waals surface area contributed by atoms with E-state index in [1.807, 2.05) is 24.3 Å². The molecule has 1 aromatic rings. The lowest BCUT2D eigenvalue weighted by Gasteiger charge is -2.36. The molecule has 2 aliphatic heterocycles. The Morgan fingerprint density at radius 3 is 2.58 bits per heavy atom. The lowest BCUT2D eigenvalue weighted by Crippen LogP contribution is -2.49. The average molecular weight is 332 g/mol. The highest BCUT2D eigenvalue weighted by Gasteiger charge is 2.28. The van der Waals surface area contributed by atoms with Gasteiger partial charge in [0.25, 0.3) is 5.91 Å². The predicted octanol–water partition coefficient (Wildman–Crippen LogP) is 2.41. The summed E-state index contributed by atoms with van der Waals surface area (Å²) in [6.45, 7) is 5.38. The van der Waals surface area contributed by atoms with Crippen LogP contribution in [0.3, 0.4) is 0 Å². The molecular weight excluding hydrogens is 304 g/mol. The van der Waals surface area contributed by atoms with Gasteiger partial charge in [0.05, 0.1) is 20.3 Å². The van der Waals surface area contributed by atoms with Gasteiger partial charge in [0.15, 0.2) is 0 Å². The number of methoxy groups -OCH3 is 1. The third kappa shape index (κ3) is 4.28. The van der Waals surface area contributed by atoms with Gasteiger partial charge in [-0.15, -0.1) is 0 Å². The molecule has 0 N–H and O–H groups in total. The van der Waals surface area contributed by atoms with E-state index in [4.69, 9.17) is 9.47 Å². The molecule has 0 unspecified atom stereocenters. The first kappa shape index (κ1) is 17.2. The molecule has 5 nitrogen and oxygen atoms in total. The molecule has 0 spiro atoms. The molecule has 1 atom stereocenters. The smallest absolute Gasteiger partial charge is 0.254 e. The van der Waals surface area contributed by atoms with Gasteiger partial charge in [-0.05, 0) is 37.1 Å². The van der Waals surface area contributed by atoms with Crippen molar-refractivity contribution in [3.05, 3.63) is 29.8 Å². The number of carbonyl (C=O) groups is 1. The Labute approximate surface area is 144 Å². The van der Waals surface area contributed by atoms with Crippen molar-refractivity contribution in [2.24, 2.45) is 0 Å². The Balaban J connectivity index is 1.71. The van der Waals surface area contributed by atoms with Crippen molar-refractivity contribution >= 4 is 5.91 Å². The number of rotatable bonds is 4. The Morgan fingerprint density at radius 2 is 1.88 bits per heavy atom. The van der Waals surface area contributed by atoms with Gasteiger partial charge in [0.2, 0.25) is 0 Å². The van der Waals surface area contributed by atoms with Crippen LogP contribution in [0.2, 0.25) is 0 Å². The van der Waals surface area contributed by atoms with Gasteiger partial charge >= 0.3 is 0 Å². The lowest BCUT2D eigenvalue weighted by atomic mass is 10.1. The minimum Gasteiger partial charge on any atom is -0.497 e. The minimum atomic E-state index is 0.151. The molecule has 0 saturated carbocycles. The number of hydrogen-bond acceptors (Lipinski definition) is 4. The van der Waals surface area contributed by atoms with E-state index in [1.165, 1.54) is 12.8 Å². The fourth-order valence-corrected chi connectivity index (χ4v) is 3.62. The molecule has 24 heavy (non-hydrogen) atoms.